The number of carboxylic acids is 1. The Kier molecular flexibility index (Phi) is 4.94. The number of aromatic carboxylic acids is 1. The average molecular weight is 330 g/mol. The van der Waals surface area contributed by atoms with E-state index in [1.54, 1.807) is 6.07 Å². The molecule has 0 aliphatic carbocycles. The van der Waals surface area contributed by atoms with Crippen molar-refractivity contribution in [3.8, 4) is 5.75 Å². The number of amides is 1. The molecule has 0 aromatic heterocycles. The van der Waals surface area contributed by atoms with Crippen LogP contribution in [0.4, 0.5) is 0 Å². The van der Waals surface area contributed by atoms with E-state index in [1.165, 1.54) is 12.1 Å². The van der Waals surface area contributed by atoms with Crippen LogP contribution >= 0.6 is 15.9 Å². The van der Waals surface area contributed by atoms with Crippen molar-refractivity contribution in [1.29, 1.82) is 0 Å². The van der Waals surface area contributed by atoms with Gasteiger partial charge in [-0.3, -0.25) is 4.79 Å². The van der Waals surface area contributed by atoms with Crippen LogP contribution in [0, 0.1) is 0 Å². The Morgan fingerprint density at radius 3 is 2.53 bits per heavy atom. The normalized spacial score (nSPS) is 10.9. The third-order valence-electron chi connectivity index (χ3n) is 2.05. The van der Waals surface area contributed by atoms with Crippen LogP contribution in [0.1, 0.15) is 31.1 Å². The summed E-state index contributed by atoms with van der Waals surface area (Å²) in [5.41, 5.74) is -0.339. The van der Waals surface area contributed by atoms with Gasteiger partial charge < -0.3 is 15.2 Å². The second-order valence-corrected chi connectivity index (χ2v) is 5.95. The van der Waals surface area contributed by atoms with Gasteiger partial charge in [0.05, 0.1) is 0 Å². The first-order chi connectivity index (χ1) is 8.69. The molecule has 1 amide bonds. The molecule has 1 rings (SSSR count). The van der Waals surface area contributed by atoms with E-state index in [9.17, 15) is 9.59 Å². The summed E-state index contributed by atoms with van der Waals surface area (Å²) in [7, 11) is 0. The fourth-order valence-corrected chi connectivity index (χ4v) is 1.75. The van der Waals surface area contributed by atoms with Crippen LogP contribution in [0.25, 0.3) is 0 Å². The SMILES string of the molecule is CC(C)(C)NC(=O)COc1ccc(Br)cc1C(=O)O. The number of carboxylic acid groups (broad SMARTS) is 1. The van der Waals surface area contributed by atoms with E-state index in [4.69, 9.17) is 9.84 Å². The lowest BCUT2D eigenvalue weighted by Gasteiger charge is -2.20. The van der Waals surface area contributed by atoms with Gasteiger partial charge in [0.2, 0.25) is 0 Å². The molecule has 1 aromatic carbocycles. The number of rotatable bonds is 4. The highest BCUT2D eigenvalue weighted by atomic mass is 79.9. The Bertz CT molecular complexity index is 494. The smallest absolute Gasteiger partial charge is 0.339 e. The lowest BCUT2D eigenvalue weighted by molar-refractivity contribution is -0.124. The topological polar surface area (TPSA) is 75.6 Å². The Balaban J connectivity index is 2.73. The van der Waals surface area contributed by atoms with E-state index in [2.05, 4.69) is 21.2 Å². The van der Waals surface area contributed by atoms with Crippen LogP contribution < -0.4 is 10.1 Å². The summed E-state index contributed by atoms with van der Waals surface area (Å²) in [6.45, 7) is 5.34. The number of hydrogen-bond acceptors (Lipinski definition) is 3. The van der Waals surface area contributed by atoms with E-state index in [0.29, 0.717) is 4.47 Å². The predicted octanol–water partition coefficient (Wildman–Crippen LogP) is 2.44. The maximum absolute atomic E-state index is 11.6. The summed E-state index contributed by atoms with van der Waals surface area (Å²) in [4.78, 5) is 22.6. The minimum Gasteiger partial charge on any atom is -0.483 e. The van der Waals surface area contributed by atoms with Crippen molar-refractivity contribution in [3.63, 3.8) is 0 Å². The van der Waals surface area contributed by atoms with Gasteiger partial charge in [-0.2, -0.15) is 0 Å². The minimum absolute atomic E-state index is 0.0120. The van der Waals surface area contributed by atoms with E-state index >= 15 is 0 Å². The molecule has 0 bridgehead atoms. The van der Waals surface area contributed by atoms with Crippen LogP contribution in [0.3, 0.4) is 0 Å². The molecule has 0 heterocycles. The zero-order valence-corrected chi connectivity index (χ0v) is 12.6. The van der Waals surface area contributed by atoms with Gasteiger partial charge in [-0.1, -0.05) is 15.9 Å². The fraction of sp³-hybridized carbons (Fsp3) is 0.385. The molecule has 2 N–H and O–H groups in total. The summed E-state index contributed by atoms with van der Waals surface area (Å²) in [6.07, 6.45) is 0. The maximum Gasteiger partial charge on any atom is 0.339 e. The monoisotopic (exact) mass is 329 g/mol. The standard InChI is InChI=1S/C13H16BrNO4/c1-13(2,3)15-11(16)7-19-10-5-4-8(14)6-9(10)12(17)18/h4-6H,7H2,1-3H3,(H,15,16)(H,17,18). The molecule has 0 saturated carbocycles. The van der Waals surface area contributed by atoms with Crippen molar-refractivity contribution >= 4 is 27.8 Å². The highest BCUT2D eigenvalue weighted by molar-refractivity contribution is 9.10. The van der Waals surface area contributed by atoms with E-state index in [1.807, 2.05) is 20.8 Å². The van der Waals surface area contributed by atoms with Crippen LogP contribution in [-0.2, 0) is 4.79 Å². The Morgan fingerprint density at radius 1 is 1.37 bits per heavy atom. The Labute approximate surface area is 120 Å². The number of carbonyl (C=O) groups is 2. The van der Waals surface area contributed by atoms with Crippen molar-refractivity contribution < 1.29 is 19.4 Å². The summed E-state index contributed by atoms with van der Waals surface area (Å²) in [5, 5.41) is 11.8. The summed E-state index contributed by atoms with van der Waals surface area (Å²) in [6, 6.07) is 4.60. The van der Waals surface area contributed by atoms with Crippen LogP contribution in [0.2, 0.25) is 0 Å². The molecule has 0 spiro atoms. The summed E-state index contributed by atoms with van der Waals surface area (Å²) >= 11 is 3.19. The van der Waals surface area contributed by atoms with Gasteiger partial charge in [-0.15, -0.1) is 0 Å². The van der Waals surface area contributed by atoms with Gasteiger partial charge in [0.1, 0.15) is 11.3 Å². The van der Waals surface area contributed by atoms with Crippen LogP contribution in [0.5, 0.6) is 5.75 Å². The van der Waals surface area contributed by atoms with Crippen molar-refractivity contribution in [2.45, 2.75) is 26.3 Å². The summed E-state index contributed by atoms with van der Waals surface area (Å²) < 4.78 is 5.88. The molecule has 0 atom stereocenters. The third kappa shape index (κ3) is 5.30. The van der Waals surface area contributed by atoms with Crippen molar-refractivity contribution in [2.24, 2.45) is 0 Å². The van der Waals surface area contributed by atoms with Gasteiger partial charge in [0.15, 0.2) is 6.61 Å². The minimum atomic E-state index is -1.10. The van der Waals surface area contributed by atoms with Gasteiger partial charge >= 0.3 is 5.97 Å². The van der Waals surface area contributed by atoms with Gasteiger partial charge in [0.25, 0.3) is 5.91 Å². The van der Waals surface area contributed by atoms with E-state index in [0.717, 1.165) is 0 Å². The fourth-order valence-electron chi connectivity index (χ4n) is 1.39. The van der Waals surface area contributed by atoms with Crippen LogP contribution in [-0.4, -0.2) is 29.1 Å². The second kappa shape index (κ2) is 6.06. The van der Waals surface area contributed by atoms with Crippen molar-refractivity contribution in [3.05, 3.63) is 28.2 Å². The largest absolute Gasteiger partial charge is 0.483 e. The van der Waals surface area contributed by atoms with Crippen molar-refractivity contribution in [2.75, 3.05) is 6.61 Å². The average Bonchev–Trinajstić information content (AvgIpc) is 2.24. The number of nitrogens with one attached hydrogen (secondary N) is 1. The number of carbonyl (C=O) groups excluding carboxylic acids is 1. The van der Waals surface area contributed by atoms with Crippen LogP contribution in [0.15, 0.2) is 22.7 Å². The molecule has 0 aliphatic rings. The van der Waals surface area contributed by atoms with Gasteiger partial charge in [0, 0.05) is 10.0 Å². The molecule has 0 saturated heterocycles. The molecule has 1 aromatic rings. The third-order valence-corrected chi connectivity index (χ3v) is 2.54. The number of benzene rings is 1. The van der Waals surface area contributed by atoms with Crippen molar-refractivity contribution in [1.82, 2.24) is 5.32 Å². The highest BCUT2D eigenvalue weighted by Gasteiger charge is 2.16. The Hall–Kier alpha value is -1.56. The lowest BCUT2D eigenvalue weighted by atomic mass is 10.1. The second-order valence-electron chi connectivity index (χ2n) is 5.03. The molecule has 0 radical (unpaired) electrons. The Morgan fingerprint density at radius 2 is 2.00 bits per heavy atom. The van der Waals surface area contributed by atoms with Gasteiger partial charge in [-0.05, 0) is 39.0 Å². The van der Waals surface area contributed by atoms with E-state index in [-0.39, 0.29) is 29.4 Å². The van der Waals surface area contributed by atoms with E-state index < -0.39 is 5.97 Å². The molecule has 0 aliphatic heterocycles. The molecular formula is C13H16BrNO4. The first kappa shape index (κ1) is 15.5. The molecule has 19 heavy (non-hydrogen) atoms. The highest BCUT2D eigenvalue weighted by Crippen LogP contribution is 2.23. The molecule has 0 unspecified atom stereocenters. The molecule has 0 fully saturated rings. The van der Waals surface area contributed by atoms with Gasteiger partial charge in [-0.25, -0.2) is 4.79 Å². The first-order valence-corrected chi connectivity index (χ1v) is 6.45. The number of halogens is 1. The zero-order valence-electron chi connectivity index (χ0n) is 11.0. The lowest BCUT2D eigenvalue weighted by Crippen LogP contribution is -2.43. The molecular weight excluding hydrogens is 314 g/mol. The first-order valence-electron chi connectivity index (χ1n) is 5.66. The quantitative estimate of drug-likeness (QED) is 0.889. The summed E-state index contributed by atoms with van der Waals surface area (Å²) in [5.74, 6) is -1.24. The number of ether oxygens (including phenoxy) is 1. The predicted molar refractivity (Wildman–Crippen MR) is 74.5 cm³/mol. The molecule has 6 heteroatoms. The maximum atomic E-state index is 11.6. The molecule has 104 valence electrons. The number of hydrogen-bond donors (Lipinski definition) is 2. The zero-order chi connectivity index (χ0) is 14.6. The molecule has 5 nitrogen and oxygen atoms in total.